The zero-order valence-corrected chi connectivity index (χ0v) is 13.6. The number of unbranched alkanes of at least 4 members (excludes halogenated alkanes) is 1. The van der Waals surface area contributed by atoms with Gasteiger partial charge in [0.05, 0.1) is 12.7 Å². The average molecular weight is 308 g/mol. The molecule has 0 aromatic rings. The highest BCUT2D eigenvalue weighted by atomic mass is 32.1. The van der Waals surface area contributed by atoms with Gasteiger partial charge in [0.15, 0.2) is 0 Å². The van der Waals surface area contributed by atoms with Gasteiger partial charge >= 0.3 is 12.1 Å². The molecular weight excluding hydrogens is 280 g/mol. The van der Waals surface area contributed by atoms with E-state index < -0.39 is 12.1 Å². The van der Waals surface area contributed by atoms with Crippen LogP contribution in [0, 0.1) is 0 Å². The third kappa shape index (κ3) is 12.1. The second-order valence-corrected chi connectivity index (χ2v) is 4.65. The van der Waals surface area contributed by atoms with Crippen molar-refractivity contribution in [2.45, 2.75) is 58.6 Å². The van der Waals surface area contributed by atoms with Crippen LogP contribution in [0.2, 0.25) is 0 Å². The predicted molar refractivity (Wildman–Crippen MR) is 83.1 cm³/mol. The number of nitrogens with two attached hydrogens (primary N) is 1. The van der Waals surface area contributed by atoms with E-state index in [0.717, 1.165) is 19.3 Å². The van der Waals surface area contributed by atoms with Gasteiger partial charge < -0.3 is 20.5 Å². The van der Waals surface area contributed by atoms with E-state index in [9.17, 15) is 9.59 Å². The first-order valence-electron chi connectivity index (χ1n) is 6.84. The molecule has 0 aliphatic heterocycles. The Balaban J connectivity index is 0. The van der Waals surface area contributed by atoms with Crippen molar-refractivity contribution < 1.29 is 19.1 Å². The van der Waals surface area contributed by atoms with Crippen molar-refractivity contribution >= 4 is 25.6 Å². The van der Waals surface area contributed by atoms with E-state index in [4.69, 9.17) is 15.2 Å². The smallest absolute Gasteiger partial charge is 0.407 e. The summed E-state index contributed by atoms with van der Waals surface area (Å²) in [6, 6.07) is -0.575. The summed E-state index contributed by atoms with van der Waals surface area (Å²) in [5.74, 6) is -0.353. The number of ether oxygens (including phenoxy) is 2. The fourth-order valence-corrected chi connectivity index (χ4v) is 1.36. The Morgan fingerprint density at radius 3 is 2.45 bits per heavy atom. The second-order valence-electron chi connectivity index (χ2n) is 4.65. The van der Waals surface area contributed by atoms with Crippen molar-refractivity contribution in [1.82, 2.24) is 5.32 Å². The molecule has 0 aliphatic rings. The Kier molecular flexibility index (Phi) is 13.9. The van der Waals surface area contributed by atoms with Crippen LogP contribution >= 0.6 is 13.5 Å². The molecule has 1 amide bonds. The number of carbonyl (C=O) groups excluding carboxylic acids is 2. The Morgan fingerprint density at radius 2 is 1.90 bits per heavy atom. The highest BCUT2D eigenvalue weighted by Crippen LogP contribution is 2.01. The van der Waals surface area contributed by atoms with Crippen LogP contribution in [0.4, 0.5) is 4.79 Å². The van der Waals surface area contributed by atoms with Crippen molar-refractivity contribution in [2.75, 3.05) is 13.2 Å². The summed E-state index contributed by atoms with van der Waals surface area (Å²) in [5.41, 5.74) is 5.68. The molecule has 0 aromatic carbocycles. The van der Waals surface area contributed by atoms with E-state index in [0.29, 0.717) is 19.6 Å². The number of carbonyl (C=O) groups is 2. The van der Waals surface area contributed by atoms with E-state index >= 15 is 0 Å². The molecule has 0 unspecified atom stereocenters. The first-order valence-corrected chi connectivity index (χ1v) is 6.84. The van der Waals surface area contributed by atoms with E-state index in [1.165, 1.54) is 0 Å². The Labute approximate surface area is 128 Å². The molecule has 0 radical (unpaired) electrons. The van der Waals surface area contributed by atoms with Gasteiger partial charge in [0.25, 0.3) is 0 Å². The van der Waals surface area contributed by atoms with E-state index in [-0.39, 0.29) is 25.6 Å². The van der Waals surface area contributed by atoms with E-state index in [1.54, 1.807) is 13.8 Å². The number of alkyl carbamates (subject to hydrolysis) is 1. The van der Waals surface area contributed by atoms with Crippen molar-refractivity contribution in [2.24, 2.45) is 5.73 Å². The highest BCUT2D eigenvalue weighted by molar-refractivity contribution is 7.59. The molecule has 0 rings (SSSR count). The zero-order valence-electron chi connectivity index (χ0n) is 12.6. The molecule has 6 nitrogen and oxygen atoms in total. The lowest BCUT2D eigenvalue weighted by Gasteiger charge is -2.11. The number of hydrogen-bond acceptors (Lipinski definition) is 5. The number of nitrogens with one attached hydrogen (secondary N) is 1. The fourth-order valence-electron chi connectivity index (χ4n) is 1.36. The molecule has 0 fully saturated rings. The van der Waals surface area contributed by atoms with Gasteiger partial charge in [-0.1, -0.05) is 6.92 Å². The topological polar surface area (TPSA) is 90.6 Å². The van der Waals surface area contributed by atoms with Crippen LogP contribution in [-0.2, 0) is 14.3 Å². The van der Waals surface area contributed by atoms with E-state index in [1.807, 2.05) is 6.92 Å². The molecular formula is C13H28N2O4S. The average Bonchev–Trinajstić information content (AvgIpc) is 2.34. The quantitative estimate of drug-likeness (QED) is 0.499. The summed E-state index contributed by atoms with van der Waals surface area (Å²) >= 11 is 0. The lowest BCUT2D eigenvalue weighted by molar-refractivity contribution is -0.145. The van der Waals surface area contributed by atoms with Gasteiger partial charge in [-0.2, -0.15) is 13.5 Å². The normalized spacial score (nSPS) is 11.4. The minimum atomic E-state index is -0.575. The molecule has 20 heavy (non-hydrogen) atoms. The zero-order chi connectivity index (χ0) is 14.7. The lowest BCUT2D eigenvalue weighted by Crippen LogP contribution is -2.33. The lowest BCUT2D eigenvalue weighted by atomic mass is 10.1. The molecule has 3 N–H and O–H groups in total. The summed E-state index contributed by atoms with van der Waals surface area (Å²) < 4.78 is 9.85. The van der Waals surface area contributed by atoms with Crippen LogP contribution < -0.4 is 11.1 Å². The summed E-state index contributed by atoms with van der Waals surface area (Å²) in [6.07, 6.45) is 2.32. The summed E-state index contributed by atoms with van der Waals surface area (Å²) in [7, 11) is 0. The molecule has 0 aliphatic carbocycles. The van der Waals surface area contributed by atoms with E-state index in [2.05, 4.69) is 5.32 Å². The number of rotatable bonds is 9. The first kappa shape index (κ1) is 21.4. The molecule has 0 spiro atoms. The highest BCUT2D eigenvalue weighted by Gasteiger charge is 2.14. The Hall–Kier alpha value is -0.950. The summed E-state index contributed by atoms with van der Waals surface area (Å²) in [4.78, 5) is 22.5. The standard InChI is InChI=1S/C13H26N2O4.H2S/c1-4-9-18-12(16)11(14)7-5-6-8-15-13(17)19-10(2)3;/h10-11H,4-9,14H2,1-3H3,(H,15,17);1H2/t11-;/m0./s1. The SMILES string of the molecule is CCCOC(=O)[C@@H](N)CCCCNC(=O)OC(C)C.S. The van der Waals surface area contributed by atoms with Crippen molar-refractivity contribution in [3.05, 3.63) is 0 Å². The van der Waals surface area contributed by atoms with Gasteiger partial charge in [-0.05, 0) is 39.5 Å². The summed E-state index contributed by atoms with van der Waals surface area (Å²) in [5, 5.41) is 2.63. The maximum Gasteiger partial charge on any atom is 0.407 e. The second kappa shape index (κ2) is 13.1. The molecule has 0 bridgehead atoms. The first-order chi connectivity index (χ1) is 8.97. The van der Waals surface area contributed by atoms with Crippen LogP contribution in [-0.4, -0.2) is 37.4 Å². The number of amides is 1. The maximum absolute atomic E-state index is 11.4. The van der Waals surface area contributed by atoms with Gasteiger partial charge in [-0.3, -0.25) is 4.79 Å². The Bertz CT molecular complexity index is 275. The van der Waals surface area contributed by atoms with Gasteiger partial charge in [0.1, 0.15) is 6.04 Å². The van der Waals surface area contributed by atoms with Gasteiger partial charge in [-0.15, -0.1) is 0 Å². The van der Waals surface area contributed by atoms with Gasteiger partial charge in [0.2, 0.25) is 0 Å². The van der Waals surface area contributed by atoms with Crippen molar-refractivity contribution in [3.63, 3.8) is 0 Å². The molecule has 0 saturated heterocycles. The molecule has 0 heterocycles. The van der Waals surface area contributed by atoms with Crippen LogP contribution in [0.25, 0.3) is 0 Å². The fraction of sp³-hybridized carbons (Fsp3) is 0.846. The van der Waals surface area contributed by atoms with Crippen LogP contribution in [0.5, 0.6) is 0 Å². The van der Waals surface area contributed by atoms with Crippen molar-refractivity contribution in [1.29, 1.82) is 0 Å². The van der Waals surface area contributed by atoms with Crippen molar-refractivity contribution in [3.8, 4) is 0 Å². The minimum absolute atomic E-state index is 0. The third-order valence-corrected chi connectivity index (χ3v) is 2.31. The van der Waals surface area contributed by atoms with Crippen LogP contribution in [0.1, 0.15) is 46.5 Å². The van der Waals surface area contributed by atoms with Crippen LogP contribution in [0.15, 0.2) is 0 Å². The molecule has 0 saturated carbocycles. The predicted octanol–water partition coefficient (Wildman–Crippen LogP) is 1.68. The maximum atomic E-state index is 11.4. The largest absolute Gasteiger partial charge is 0.465 e. The molecule has 7 heteroatoms. The minimum Gasteiger partial charge on any atom is -0.465 e. The summed E-state index contributed by atoms with van der Waals surface area (Å²) in [6.45, 7) is 6.44. The monoisotopic (exact) mass is 308 g/mol. The molecule has 120 valence electrons. The molecule has 0 aromatic heterocycles. The number of hydrogen-bond donors (Lipinski definition) is 2. The third-order valence-electron chi connectivity index (χ3n) is 2.31. The van der Waals surface area contributed by atoms with Crippen LogP contribution in [0.3, 0.4) is 0 Å². The van der Waals surface area contributed by atoms with Gasteiger partial charge in [0, 0.05) is 6.54 Å². The molecule has 1 atom stereocenters. The Morgan fingerprint density at radius 1 is 1.25 bits per heavy atom. The van der Waals surface area contributed by atoms with Gasteiger partial charge in [-0.25, -0.2) is 4.79 Å². The number of esters is 1.